The highest BCUT2D eigenvalue weighted by Crippen LogP contribution is 2.20. The van der Waals surface area contributed by atoms with E-state index in [0.717, 1.165) is 12.1 Å². The van der Waals surface area contributed by atoms with Crippen LogP contribution in [0.5, 0.6) is 0 Å². The molecule has 1 aliphatic heterocycles. The maximum absolute atomic E-state index is 3.79. The number of nitrogens with one attached hydrogen (secondary N) is 1. The van der Waals surface area contributed by atoms with Gasteiger partial charge in [-0.05, 0) is 32.1 Å². The van der Waals surface area contributed by atoms with E-state index in [1.807, 2.05) is 6.08 Å². The zero-order valence-corrected chi connectivity index (χ0v) is 11.0. The van der Waals surface area contributed by atoms with Crippen molar-refractivity contribution in [2.75, 3.05) is 0 Å². The number of unbranched alkanes of at least 4 members (excludes halogenated alkanes) is 4. The molecule has 1 heteroatoms. The Bertz CT molecular complexity index is 176. The van der Waals surface area contributed by atoms with Crippen molar-refractivity contribution in [3.63, 3.8) is 0 Å². The van der Waals surface area contributed by atoms with Gasteiger partial charge in [-0.25, -0.2) is 0 Å². The molecule has 0 radical (unpaired) electrons. The van der Waals surface area contributed by atoms with Crippen molar-refractivity contribution < 1.29 is 0 Å². The first-order valence-electron chi connectivity index (χ1n) is 7.23. The number of hydrogen-bond donors (Lipinski definition) is 1. The van der Waals surface area contributed by atoms with E-state index in [1.54, 1.807) is 0 Å². The highest BCUT2D eigenvalue weighted by atomic mass is 15.0. The summed E-state index contributed by atoms with van der Waals surface area (Å²) in [6.45, 7) is 6.07. The molecule has 1 rings (SSSR count). The van der Waals surface area contributed by atoms with Crippen molar-refractivity contribution in [2.45, 2.75) is 83.2 Å². The fraction of sp³-hybridized carbons (Fsp3) is 0.867. The maximum atomic E-state index is 3.79. The lowest BCUT2D eigenvalue weighted by Gasteiger charge is -2.13. The third kappa shape index (κ3) is 5.69. The van der Waals surface area contributed by atoms with Gasteiger partial charge in [0.15, 0.2) is 0 Å². The van der Waals surface area contributed by atoms with Gasteiger partial charge in [-0.15, -0.1) is 6.58 Å². The van der Waals surface area contributed by atoms with Gasteiger partial charge in [0.2, 0.25) is 0 Å². The zero-order valence-electron chi connectivity index (χ0n) is 11.0. The molecule has 94 valence electrons. The van der Waals surface area contributed by atoms with Crippen LogP contribution in [0.15, 0.2) is 12.7 Å². The summed E-state index contributed by atoms with van der Waals surface area (Å²) in [5.74, 6) is 0. The molecule has 0 saturated carbocycles. The first-order chi connectivity index (χ1) is 7.86. The van der Waals surface area contributed by atoms with Crippen LogP contribution < -0.4 is 5.32 Å². The van der Waals surface area contributed by atoms with Crippen LogP contribution in [0, 0.1) is 0 Å². The minimum atomic E-state index is 0.777. The van der Waals surface area contributed by atoms with Crippen LogP contribution >= 0.6 is 0 Å². The van der Waals surface area contributed by atoms with E-state index in [-0.39, 0.29) is 0 Å². The lowest BCUT2D eigenvalue weighted by molar-refractivity contribution is 0.470. The van der Waals surface area contributed by atoms with Gasteiger partial charge in [0.1, 0.15) is 0 Å². The van der Waals surface area contributed by atoms with E-state index >= 15 is 0 Å². The van der Waals surface area contributed by atoms with Crippen LogP contribution in [0.4, 0.5) is 0 Å². The Morgan fingerprint density at radius 2 is 1.75 bits per heavy atom. The summed E-state index contributed by atoms with van der Waals surface area (Å²) in [5, 5.41) is 3.77. The Morgan fingerprint density at radius 3 is 2.44 bits per heavy atom. The topological polar surface area (TPSA) is 12.0 Å². The van der Waals surface area contributed by atoms with Gasteiger partial charge in [0.05, 0.1) is 0 Å². The molecule has 0 aromatic carbocycles. The van der Waals surface area contributed by atoms with E-state index in [0.29, 0.717) is 0 Å². The fourth-order valence-electron chi connectivity index (χ4n) is 2.67. The first-order valence-corrected chi connectivity index (χ1v) is 7.23. The molecular formula is C15H29N. The molecule has 0 unspecified atom stereocenters. The Morgan fingerprint density at radius 1 is 1.06 bits per heavy atom. The number of hydrogen-bond acceptors (Lipinski definition) is 1. The molecule has 1 N–H and O–H groups in total. The van der Waals surface area contributed by atoms with Crippen LogP contribution in [0.1, 0.15) is 71.1 Å². The molecule has 1 heterocycles. The van der Waals surface area contributed by atoms with Crippen LogP contribution in [0.25, 0.3) is 0 Å². The van der Waals surface area contributed by atoms with E-state index in [2.05, 4.69) is 18.8 Å². The fourth-order valence-corrected chi connectivity index (χ4v) is 2.67. The summed E-state index contributed by atoms with van der Waals surface area (Å²) >= 11 is 0. The molecule has 0 aromatic rings. The predicted molar refractivity (Wildman–Crippen MR) is 72.8 cm³/mol. The van der Waals surface area contributed by atoms with Gasteiger partial charge in [-0.3, -0.25) is 0 Å². The van der Waals surface area contributed by atoms with E-state index in [1.165, 1.54) is 64.2 Å². The standard InChI is InChI=1S/C15H29N/c1-3-5-7-8-9-11-15-13-12-14(16-15)10-6-4-2/h4,14-16H,2-3,5-13H2,1H3/t14-,15-/m1/s1. The average molecular weight is 223 g/mol. The second-order valence-corrected chi connectivity index (χ2v) is 5.21. The quantitative estimate of drug-likeness (QED) is 0.450. The highest BCUT2D eigenvalue weighted by Gasteiger charge is 2.21. The van der Waals surface area contributed by atoms with Crippen molar-refractivity contribution in [1.82, 2.24) is 5.32 Å². The Labute approximate surface area is 102 Å². The van der Waals surface area contributed by atoms with Crippen LogP contribution in [0.2, 0.25) is 0 Å². The molecule has 1 fully saturated rings. The third-order valence-electron chi connectivity index (χ3n) is 3.71. The maximum Gasteiger partial charge on any atom is 0.00731 e. The second kappa shape index (κ2) is 8.81. The SMILES string of the molecule is C=CCC[C@@H]1CC[C@@H](CCCCCCC)N1. The Kier molecular flexibility index (Phi) is 7.58. The Hall–Kier alpha value is -0.300. The molecule has 0 spiro atoms. The molecule has 0 bridgehead atoms. The highest BCUT2D eigenvalue weighted by molar-refractivity contribution is 4.84. The summed E-state index contributed by atoms with van der Waals surface area (Å²) in [6.07, 6.45) is 15.7. The minimum Gasteiger partial charge on any atom is -0.311 e. The van der Waals surface area contributed by atoms with Gasteiger partial charge < -0.3 is 5.32 Å². The summed E-state index contributed by atoms with van der Waals surface area (Å²) < 4.78 is 0. The van der Waals surface area contributed by atoms with Crippen molar-refractivity contribution in [1.29, 1.82) is 0 Å². The van der Waals surface area contributed by atoms with Gasteiger partial charge in [0.25, 0.3) is 0 Å². The molecule has 2 atom stereocenters. The van der Waals surface area contributed by atoms with Crippen molar-refractivity contribution in [3.05, 3.63) is 12.7 Å². The van der Waals surface area contributed by atoms with E-state index in [9.17, 15) is 0 Å². The molecule has 1 aliphatic rings. The minimum absolute atomic E-state index is 0.777. The van der Waals surface area contributed by atoms with Crippen LogP contribution in [-0.4, -0.2) is 12.1 Å². The number of allylic oxidation sites excluding steroid dienone is 1. The molecule has 0 aliphatic carbocycles. The zero-order chi connectivity index (χ0) is 11.6. The molecule has 1 nitrogen and oxygen atoms in total. The van der Waals surface area contributed by atoms with Gasteiger partial charge in [0, 0.05) is 12.1 Å². The largest absolute Gasteiger partial charge is 0.311 e. The van der Waals surface area contributed by atoms with E-state index in [4.69, 9.17) is 0 Å². The van der Waals surface area contributed by atoms with Crippen LogP contribution in [-0.2, 0) is 0 Å². The van der Waals surface area contributed by atoms with Gasteiger partial charge in [-0.1, -0.05) is 45.1 Å². The van der Waals surface area contributed by atoms with Gasteiger partial charge in [-0.2, -0.15) is 0 Å². The van der Waals surface area contributed by atoms with Crippen molar-refractivity contribution in [3.8, 4) is 0 Å². The average Bonchev–Trinajstić information content (AvgIpc) is 2.74. The third-order valence-corrected chi connectivity index (χ3v) is 3.71. The summed E-state index contributed by atoms with van der Waals surface area (Å²) in [5.41, 5.74) is 0. The van der Waals surface area contributed by atoms with Gasteiger partial charge >= 0.3 is 0 Å². The molecule has 0 amide bonds. The predicted octanol–water partition coefficient (Wildman–Crippen LogP) is 4.43. The normalized spacial score (nSPS) is 24.8. The lowest BCUT2D eigenvalue weighted by Crippen LogP contribution is -2.29. The first kappa shape index (κ1) is 13.8. The molecule has 1 saturated heterocycles. The van der Waals surface area contributed by atoms with E-state index < -0.39 is 0 Å². The monoisotopic (exact) mass is 223 g/mol. The summed E-state index contributed by atoms with van der Waals surface area (Å²) in [7, 11) is 0. The number of rotatable bonds is 9. The van der Waals surface area contributed by atoms with Crippen molar-refractivity contribution >= 4 is 0 Å². The lowest BCUT2D eigenvalue weighted by atomic mass is 10.0. The molecular weight excluding hydrogens is 194 g/mol. The Balaban J connectivity index is 1.96. The second-order valence-electron chi connectivity index (χ2n) is 5.21. The molecule has 0 aromatic heterocycles. The summed E-state index contributed by atoms with van der Waals surface area (Å²) in [4.78, 5) is 0. The molecule has 16 heavy (non-hydrogen) atoms. The van der Waals surface area contributed by atoms with Crippen LogP contribution in [0.3, 0.4) is 0 Å². The summed E-state index contributed by atoms with van der Waals surface area (Å²) in [6, 6.07) is 1.59. The van der Waals surface area contributed by atoms with Crippen molar-refractivity contribution in [2.24, 2.45) is 0 Å². The smallest absolute Gasteiger partial charge is 0.00731 e.